The maximum atomic E-state index is 13.2. The number of hydrogen-bond donors (Lipinski definition) is 1. The molecular formula is C14H10ClFO3. The van der Waals surface area contributed by atoms with Gasteiger partial charge in [0.2, 0.25) is 0 Å². The summed E-state index contributed by atoms with van der Waals surface area (Å²) in [7, 11) is 0. The van der Waals surface area contributed by atoms with Crippen LogP contribution in [-0.4, -0.2) is 11.1 Å². The monoisotopic (exact) mass is 280 g/mol. The summed E-state index contributed by atoms with van der Waals surface area (Å²) in [6, 6.07) is 10.4. The van der Waals surface area contributed by atoms with Gasteiger partial charge in [-0.25, -0.2) is 9.18 Å². The summed E-state index contributed by atoms with van der Waals surface area (Å²) in [5, 5.41) is 9.39. The second kappa shape index (κ2) is 5.71. The van der Waals surface area contributed by atoms with Gasteiger partial charge < -0.3 is 9.84 Å². The lowest BCUT2D eigenvalue weighted by Crippen LogP contribution is -2.00. The van der Waals surface area contributed by atoms with Crippen molar-refractivity contribution in [2.45, 2.75) is 6.61 Å². The first kappa shape index (κ1) is 13.4. The fourth-order valence-corrected chi connectivity index (χ4v) is 1.78. The molecule has 0 saturated carbocycles. The molecule has 0 amide bonds. The van der Waals surface area contributed by atoms with E-state index in [1.165, 1.54) is 6.07 Å². The molecule has 2 aromatic rings. The van der Waals surface area contributed by atoms with Crippen LogP contribution < -0.4 is 4.74 Å². The minimum absolute atomic E-state index is 0.152. The molecule has 3 nitrogen and oxygen atoms in total. The lowest BCUT2D eigenvalue weighted by atomic mass is 10.2. The largest absolute Gasteiger partial charge is 0.489 e. The van der Waals surface area contributed by atoms with E-state index in [0.717, 1.165) is 17.7 Å². The molecule has 0 aliphatic carbocycles. The Balaban J connectivity index is 2.13. The number of halogens is 2. The molecule has 2 rings (SSSR count). The van der Waals surface area contributed by atoms with Gasteiger partial charge in [-0.15, -0.1) is 0 Å². The van der Waals surface area contributed by atoms with Gasteiger partial charge in [0.05, 0.1) is 5.56 Å². The molecular weight excluding hydrogens is 271 g/mol. The number of aromatic carboxylic acids is 1. The third-order valence-corrected chi connectivity index (χ3v) is 2.65. The number of rotatable bonds is 4. The highest BCUT2D eigenvalue weighted by Gasteiger charge is 2.08. The maximum absolute atomic E-state index is 13.2. The van der Waals surface area contributed by atoms with E-state index in [1.807, 2.05) is 6.07 Å². The number of carboxylic acids is 1. The van der Waals surface area contributed by atoms with Gasteiger partial charge in [-0.3, -0.25) is 0 Å². The van der Waals surface area contributed by atoms with E-state index >= 15 is 0 Å². The molecule has 0 aliphatic heterocycles. The van der Waals surface area contributed by atoms with Crippen LogP contribution in [0.5, 0.6) is 5.75 Å². The Morgan fingerprint density at radius 3 is 2.74 bits per heavy atom. The molecule has 0 unspecified atom stereocenters. The average Bonchev–Trinajstić information content (AvgIpc) is 2.36. The molecule has 5 heteroatoms. The molecule has 0 fully saturated rings. The van der Waals surface area contributed by atoms with E-state index < -0.39 is 11.8 Å². The summed E-state index contributed by atoms with van der Waals surface area (Å²) in [5.74, 6) is -1.69. The first-order chi connectivity index (χ1) is 9.04. The van der Waals surface area contributed by atoms with E-state index in [1.54, 1.807) is 18.2 Å². The molecule has 0 saturated heterocycles. The first-order valence-corrected chi connectivity index (χ1v) is 5.83. The Hall–Kier alpha value is -2.07. The zero-order valence-corrected chi connectivity index (χ0v) is 10.5. The molecule has 19 heavy (non-hydrogen) atoms. The van der Waals surface area contributed by atoms with Crippen LogP contribution in [0.2, 0.25) is 5.02 Å². The molecule has 0 aromatic heterocycles. The van der Waals surface area contributed by atoms with E-state index in [-0.39, 0.29) is 17.9 Å². The van der Waals surface area contributed by atoms with Gasteiger partial charge in [0.15, 0.2) is 0 Å². The van der Waals surface area contributed by atoms with Crippen LogP contribution in [0.15, 0.2) is 42.5 Å². The smallest absolute Gasteiger partial charge is 0.335 e. The van der Waals surface area contributed by atoms with Crippen molar-refractivity contribution in [1.82, 2.24) is 0 Å². The molecule has 1 N–H and O–H groups in total. The van der Waals surface area contributed by atoms with Crippen LogP contribution in [-0.2, 0) is 6.61 Å². The molecule has 0 radical (unpaired) electrons. The Bertz CT molecular complexity index is 613. The number of carbonyl (C=O) groups is 1. The van der Waals surface area contributed by atoms with Gasteiger partial charge in [0.25, 0.3) is 0 Å². The van der Waals surface area contributed by atoms with Crippen LogP contribution in [0, 0.1) is 5.82 Å². The standard InChI is InChI=1S/C14H10ClFO3/c15-11-3-1-2-9(4-11)8-19-13-6-10(14(17)18)5-12(16)7-13/h1-7H,8H2,(H,17,18). The fourth-order valence-electron chi connectivity index (χ4n) is 1.56. The van der Waals surface area contributed by atoms with Gasteiger partial charge in [0, 0.05) is 11.1 Å². The van der Waals surface area contributed by atoms with Crippen molar-refractivity contribution in [3.8, 4) is 5.75 Å². The fraction of sp³-hybridized carbons (Fsp3) is 0.0714. The van der Waals surface area contributed by atoms with Crippen molar-refractivity contribution >= 4 is 17.6 Å². The Kier molecular flexibility index (Phi) is 4.02. The normalized spacial score (nSPS) is 10.2. The van der Waals surface area contributed by atoms with Gasteiger partial charge in [0.1, 0.15) is 18.2 Å². The van der Waals surface area contributed by atoms with Crippen molar-refractivity contribution in [2.75, 3.05) is 0 Å². The van der Waals surface area contributed by atoms with Gasteiger partial charge in [-0.2, -0.15) is 0 Å². The highest BCUT2D eigenvalue weighted by Crippen LogP contribution is 2.19. The maximum Gasteiger partial charge on any atom is 0.335 e. The quantitative estimate of drug-likeness (QED) is 0.927. The minimum atomic E-state index is -1.20. The zero-order valence-electron chi connectivity index (χ0n) is 9.77. The molecule has 0 aliphatic rings. The summed E-state index contributed by atoms with van der Waals surface area (Å²) in [5.41, 5.74) is 0.662. The van der Waals surface area contributed by atoms with Gasteiger partial charge >= 0.3 is 5.97 Å². The third-order valence-electron chi connectivity index (χ3n) is 2.41. The highest BCUT2D eigenvalue weighted by atomic mass is 35.5. The average molecular weight is 281 g/mol. The first-order valence-electron chi connectivity index (χ1n) is 5.46. The van der Waals surface area contributed by atoms with Crippen LogP contribution in [0.1, 0.15) is 15.9 Å². The van der Waals surface area contributed by atoms with Gasteiger partial charge in [-0.1, -0.05) is 23.7 Å². The lowest BCUT2D eigenvalue weighted by Gasteiger charge is -2.07. The summed E-state index contributed by atoms with van der Waals surface area (Å²) in [4.78, 5) is 10.8. The minimum Gasteiger partial charge on any atom is -0.489 e. The zero-order chi connectivity index (χ0) is 13.8. The van der Waals surface area contributed by atoms with E-state index in [9.17, 15) is 9.18 Å². The van der Waals surface area contributed by atoms with Crippen molar-refractivity contribution in [3.63, 3.8) is 0 Å². The molecule has 0 atom stereocenters. The molecule has 0 heterocycles. The van der Waals surface area contributed by atoms with Crippen molar-refractivity contribution in [1.29, 1.82) is 0 Å². The molecule has 2 aromatic carbocycles. The Morgan fingerprint density at radius 2 is 2.05 bits per heavy atom. The summed E-state index contributed by atoms with van der Waals surface area (Å²) >= 11 is 5.83. The summed E-state index contributed by atoms with van der Waals surface area (Å²) in [6.45, 7) is 0.184. The highest BCUT2D eigenvalue weighted by molar-refractivity contribution is 6.30. The Morgan fingerprint density at radius 1 is 1.26 bits per heavy atom. The van der Waals surface area contributed by atoms with Gasteiger partial charge in [-0.05, 0) is 29.8 Å². The van der Waals surface area contributed by atoms with Crippen LogP contribution >= 0.6 is 11.6 Å². The molecule has 0 spiro atoms. The molecule has 0 bridgehead atoms. The summed E-state index contributed by atoms with van der Waals surface area (Å²) in [6.07, 6.45) is 0. The van der Waals surface area contributed by atoms with E-state index in [2.05, 4.69) is 0 Å². The van der Waals surface area contributed by atoms with E-state index in [4.69, 9.17) is 21.4 Å². The number of ether oxygens (including phenoxy) is 1. The predicted molar refractivity (Wildman–Crippen MR) is 69.1 cm³/mol. The van der Waals surface area contributed by atoms with Crippen LogP contribution in [0.3, 0.4) is 0 Å². The Labute approximate surface area is 114 Å². The number of carboxylic acid groups (broad SMARTS) is 1. The van der Waals surface area contributed by atoms with Crippen molar-refractivity contribution in [2.24, 2.45) is 0 Å². The summed E-state index contributed by atoms with van der Waals surface area (Å²) < 4.78 is 18.6. The van der Waals surface area contributed by atoms with Crippen LogP contribution in [0.4, 0.5) is 4.39 Å². The number of benzene rings is 2. The second-order valence-corrected chi connectivity index (χ2v) is 4.34. The SMILES string of the molecule is O=C(O)c1cc(F)cc(OCc2cccc(Cl)c2)c1. The topological polar surface area (TPSA) is 46.5 Å². The predicted octanol–water partition coefficient (Wildman–Crippen LogP) is 3.76. The van der Waals surface area contributed by atoms with Crippen LogP contribution in [0.25, 0.3) is 0 Å². The van der Waals surface area contributed by atoms with Crippen molar-refractivity contribution < 1.29 is 19.0 Å². The lowest BCUT2D eigenvalue weighted by molar-refractivity contribution is 0.0695. The second-order valence-electron chi connectivity index (χ2n) is 3.90. The van der Waals surface area contributed by atoms with E-state index in [0.29, 0.717) is 5.02 Å². The third kappa shape index (κ3) is 3.69. The molecule has 98 valence electrons. The van der Waals surface area contributed by atoms with Crippen molar-refractivity contribution in [3.05, 3.63) is 64.4 Å². The number of hydrogen-bond acceptors (Lipinski definition) is 2.